The number of ketones is 1. The lowest BCUT2D eigenvalue weighted by atomic mass is 9.84. The smallest absolute Gasteiger partial charge is 0.224 e. The molecule has 1 N–H and O–H groups in total. The molecule has 182 valence electrons. The van der Waals surface area contributed by atoms with Gasteiger partial charge in [0.2, 0.25) is 5.91 Å². The van der Waals surface area contributed by atoms with Crippen LogP contribution in [0, 0.1) is 11.8 Å². The maximum Gasteiger partial charge on any atom is 0.224 e. The second-order valence-corrected chi connectivity index (χ2v) is 10.5. The van der Waals surface area contributed by atoms with E-state index < -0.39 is 0 Å². The van der Waals surface area contributed by atoms with Crippen LogP contribution >= 0.6 is 0 Å². The molecule has 1 aliphatic carbocycles. The van der Waals surface area contributed by atoms with E-state index in [-0.39, 0.29) is 17.6 Å². The van der Waals surface area contributed by atoms with Gasteiger partial charge in [0.15, 0.2) is 5.78 Å². The Kier molecular flexibility index (Phi) is 8.49. The van der Waals surface area contributed by atoms with Gasteiger partial charge in [0.25, 0.3) is 0 Å². The van der Waals surface area contributed by atoms with Crippen LogP contribution in [0.4, 0.5) is 0 Å². The second kappa shape index (κ2) is 11.7. The third-order valence-electron chi connectivity index (χ3n) is 7.59. The molecule has 2 heterocycles. The molecule has 0 radical (unpaired) electrons. The number of amides is 1. The topological polar surface area (TPSA) is 62.3 Å². The summed E-state index contributed by atoms with van der Waals surface area (Å²) in [6, 6.07) is 10.5. The molecule has 5 heteroatoms. The van der Waals surface area contributed by atoms with Crippen molar-refractivity contribution in [1.29, 1.82) is 0 Å². The van der Waals surface area contributed by atoms with Crippen molar-refractivity contribution in [2.45, 2.75) is 71.3 Å². The Balaban J connectivity index is 1.18. The largest absolute Gasteiger partial charge is 0.353 e. The first-order valence-corrected chi connectivity index (χ1v) is 13.0. The van der Waals surface area contributed by atoms with Crippen molar-refractivity contribution in [3.63, 3.8) is 0 Å². The van der Waals surface area contributed by atoms with Crippen molar-refractivity contribution >= 4 is 11.7 Å². The summed E-state index contributed by atoms with van der Waals surface area (Å²) in [6.07, 6.45) is 11.8. The summed E-state index contributed by atoms with van der Waals surface area (Å²) in [5, 5.41) is 3.24. The van der Waals surface area contributed by atoms with Crippen molar-refractivity contribution in [2.75, 3.05) is 19.6 Å². The van der Waals surface area contributed by atoms with E-state index in [1.807, 2.05) is 32.0 Å². The summed E-state index contributed by atoms with van der Waals surface area (Å²) in [4.78, 5) is 31.4. The van der Waals surface area contributed by atoms with E-state index >= 15 is 0 Å². The van der Waals surface area contributed by atoms with E-state index in [1.54, 1.807) is 12.4 Å². The van der Waals surface area contributed by atoms with Gasteiger partial charge >= 0.3 is 0 Å². The predicted octanol–water partition coefficient (Wildman–Crippen LogP) is 4.63. The number of fused-ring (bicyclic) bond motifs is 1. The van der Waals surface area contributed by atoms with Gasteiger partial charge < -0.3 is 10.2 Å². The van der Waals surface area contributed by atoms with Crippen molar-refractivity contribution in [3.8, 4) is 0 Å². The van der Waals surface area contributed by atoms with Crippen LogP contribution in [0.3, 0.4) is 0 Å². The number of pyridine rings is 1. The molecule has 1 aromatic heterocycles. The lowest BCUT2D eigenvalue weighted by molar-refractivity contribution is -0.121. The van der Waals surface area contributed by atoms with Crippen LogP contribution in [0.25, 0.3) is 0 Å². The third kappa shape index (κ3) is 6.75. The number of carbonyl (C=O) groups is 2. The Hall–Kier alpha value is -2.53. The highest BCUT2D eigenvalue weighted by atomic mass is 16.1. The van der Waals surface area contributed by atoms with E-state index in [0.29, 0.717) is 12.5 Å². The van der Waals surface area contributed by atoms with Crippen LogP contribution in [-0.4, -0.2) is 47.3 Å². The molecule has 0 saturated heterocycles. The van der Waals surface area contributed by atoms with Crippen LogP contribution in [0.1, 0.15) is 73.0 Å². The number of benzene rings is 1. The molecule has 0 unspecified atom stereocenters. The van der Waals surface area contributed by atoms with E-state index in [1.165, 1.54) is 30.4 Å². The fourth-order valence-corrected chi connectivity index (χ4v) is 5.41. The molecule has 1 aromatic carbocycles. The molecule has 2 aromatic rings. The van der Waals surface area contributed by atoms with Crippen LogP contribution in [0.2, 0.25) is 0 Å². The minimum atomic E-state index is 0.0464. The summed E-state index contributed by atoms with van der Waals surface area (Å²) in [5.41, 5.74) is 4.65. The Morgan fingerprint density at radius 3 is 2.41 bits per heavy atom. The van der Waals surface area contributed by atoms with Gasteiger partial charge in [-0.3, -0.25) is 14.6 Å². The first kappa shape index (κ1) is 24.6. The molecular formula is C29H39N3O2. The lowest BCUT2D eigenvalue weighted by Crippen LogP contribution is -2.39. The van der Waals surface area contributed by atoms with Crippen LogP contribution < -0.4 is 5.32 Å². The van der Waals surface area contributed by atoms with Crippen LogP contribution in [0.5, 0.6) is 0 Å². The van der Waals surface area contributed by atoms with E-state index in [0.717, 1.165) is 62.4 Å². The van der Waals surface area contributed by atoms with Crippen molar-refractivity contribution in [1.82, 2.24) is 15.2 Å². The van der Waals surface area contributed by atoms with Gasteiger partial charge in [-0.25, -0.2) is 0 Å². The van der Waals surface area contributed by atoms with E-state index in [2.05, 4.69) is 27.3 Å². The first-order chi connectivity index (χ1) is 16.5. The molecular weight excluding hydrogens is 422 g/mol. The van der Waals surface area contributed by atoms with Gasteiger partial charge in [-0.15, -0.1) is 0 Å². The van der Waals surface area contributed by atoms with Crippen molar-refractivity contribution in [3.05, 3.63) is 65.0 Å². The zero-order chi connectivity index (χ0) is 23.9. The average molecular weight is 462 g/mol. The number of hydrogen-bond donors (Lipinski definition) is 1. The third-order valence-corrected chi connectivity index (χ3v) is 7.59. The van der Waals surface area contributed by atoms with Crippen LogP contribution in [0.15, 0.2) is 42.7 Å². The molecule has 1 aliphatic heterocycles. The number of rotatable bonds is 8. The van der Waals surface area contributed by atoms with Gasteiger partial charge in [-0.1, -0.05) is 26.0 Å². The number of Topliss-reactive ketones (excluding diaryl/α,β-unsaturated/α-hetero) is 1. The standard InChI is InChI=1S/C29H39N3O2/c1-21(2)29(34)26-6-5-24-12-17-32(18-13-25(24)20-26)16-11-22-3-7-27(8-4-22)31-28(33)19-23-9-14-30-15-10-23/h5-6,9-10,14-15,20-22,27H,3-4,7-8,11-13,16-19H2,1-2H3,(H,31,33)/t22-,27-. The zero-order valence-electron chi connectivity index (χ0n) is 20.8. The fraction of sp³-hybridized carbons (Fsp3) is 0.552. The summed E-state index contributed by atoms with van der Waals surface area (Å²) in [6.45, 7) is 7.27. The second-order valence-electron chi connectivity index (χ2n) is 10.5. The normalized spacial score (nSPS) is 21.0. The number of nitrogens with one attached hydrogen (secondary N) is 1. The maximum absolute atomic E-state index is 12.4. The molecule has 5 nitrogen and oxygen atoms in total. The van der Waals surface area contributed by atoms with E-state index in [4.69, 9.17) is 0 Å². The molecule has 2 aliphatic rings. The number of nitrogens with zero attached hydrogens (tertiary/aromatic N) is 2. The van der Waals surface area contributed by atoms with Crippen molar-refractivity contribution < 1.29 is 9.59 Å². The van der Waals surface area contributed by atoms with Gasteiger partial charge in [0, 0.05) is 43.0 Å². The van der Waals surface area contributed by atoms with Gasteiger partial charge in [-0.05, 0) is 92.3 Å². The zero-order valence-corrected chi connectivity index (χ0v) is 20.8. The maximum atomic E-state index is 12.4. The Labute approximate surface area is 204 Å². The number of hydrogen-bond acceptors (Lipinski definition) is 4. The van der Waals surface area contributed by atoms with Gasteiger partial charge in [0.05, 0.1) is 6.42 Å². The van der Waals surface area contributed by atoms with Gasteiger partial charge in [0.1, 0.15) is 0 Å². The summed E-state index contributed by atoms with van der Waals surface area (Å²) in [7, 11) is 0. The average Bonchev–Trinajstić information content (AvgIpc) is 3.05. The monoisotopic (exact) mass is 461 g/mol. The quantitative estimate of drug-likeness (QED) is 0.582. The Morgan fingerprint density at radius 1 is 1.00 bits per heavy atom. The van der Waals surface area contributed by atoms with Gasteiger partial charge in [-0.2, -0.15) is 0 Å². The number of carbonyl (C=O) groups excluding carboxylic acids is 2. The molecule has 34 heavy (non-hydrogen) atoms. The first-order valence-electron chi connectivity index (χ1n) is 13.0. The minimum absolute atomic E-state index is 0.0464. The molecule has 0 spiro atoms. The van der Waals surface area contributed by atoms with Crippen molar-refractivity contribution in [2.24, 2.45) is 11.8 Å². The molecule has 1 saturated carbocycles. The SMILES string of the molecule is CC(C)C(=O)c1ccc2c(c1)CCN(CC[C@H]1CC[C@H](NC(=O)Cc3ccncc3)CC1)CC2. The summed E-state index contributed by atoms with van der Waals surface area (Å²) < 4.78 is 0. The Bertz CT molecular complexity index is 965. The highest BCUT2D eigenvalue weighted by Crippen LogP contribution is 2.28. The highest BCUT2D eigenvalue weighted by Gasteiger charge is 2.24. The molecule has 1 fully saturated rings. The fourth-order valence-electron chi connectivity index (χ4n) is 5.41. The molecule has 1 amide bonds. The number of aromatic nitrogens is 1. The van der Waals surface area contributed by atoms with Crippen LogP contribution in [-0.2, 0) is 24.1 Å². The molecule has 4 rings (SSSR count). The highest BCUT2D eigenvalue weighted by molar-refractivity contribution is 5.97. The molecule has 0 bridgehead atoms. The minimum Gasteiger partial charge on any atom is -0.353 e. The summed E-state index contributed by atoms with van der Waals surface area (Å²) >= 11 is 0. The Morgan fingerprint density at radius 2 is 1.71 bits per heavy atom. The van der Waals surface area contributed by atoms with E-state index in [9.17, 15) is 9.59 Å². The predicted molar refractivity (Wildman–Crippen MR) is 136 cm³/mol. The summed E-state index contributed by atoms with van der Waals surface area (Å²) in [5.74, 6) is 1.17. The lowest BCUT2D eigenvalue weighted by Gasteiger charge is -2.30. The molecule has 0 atom stereocenters.